The normalized spacial score (nSPS) is 21.7. The van der Waals surface area contributed by atoms with Gasteiger partial charge in [0.25, 0.3) is 0 Å². The molecule has 6 nitrogen and oxygen atoms in total. The van der Waals surface area contributed by atoms with Crippen molar-refractivity contribution in [2.45, 2.75) is 50.7 Å². The summed E-state index contributed by atoms with van der Waals surface area (Å²) in [7, 11) is 1.70. The Morgan fingerprint density at radius 2 is 2.19 bits per heavy atom. The number of guanidine groups is 1. The van der Waals surface area contributed by atoms with E-state index in [-0.39, 0.29) is 24.0 Å². The van der Waals surface area contributed by atoms with Crippen molar-refractivity contribution in [3.63, 3.8) is 0 Å². The molecule has 1 aromatic carbocycles. The van der Waals surface area contributed by atoms with Gasteiger partial charge in [-0.15, -0.1) is 24.0 Å². The number of benzene rings is 1. The minimum absolute atomic E-state index is 0. The molecule has 1 aliphatic carbocycles. The van der Waals surface area contributed by atoms with E-state index in [9.17, 15) is 5.11 Å². The van der Waals surface area contributed by atoms with E-state index in [1.165, 1.54) is 5.69 Å². The lowest BCUT2D eigenvalue weighted by molar-refractivity contribution is -0.0236. The Kier molecular flexibility index (Phi) is 8.47. The molecule has 2 fully saturated rings. The maximum absolute atomic E-state index is 10.3. The van der Waals surface area contributed by atoms with E-state index in [0.717, 1.165) is 63.4 Å². The van der Waals surface area contributed by atoms with Gasteiger partial charge in [-0.2, -0.15) is 0 Å². The average molecular weight is 488 g/mol. The van der Waals surface area contributed by atoms with Crippen molar-refractivity contribution in [3.8, 4) is 5.75 Å². The Bertz CT molecular complexity index is 622. The number of hydrogen-bond donors (Lipinski definition) is 3. The molecule has 3 rings (SSSR count). The summed E-state index contributed by atoms with van der Waals surface area (Å²) >= 11 is 0. The van der Waals surface area contributed by atoms with Crippen molar-refractivity contribution < 1.29 is 9.84 Å². The fourth-order valence-corrected chi connectivity index (χ4v) is 3.62. The third kappa shape index (κ3) is 6.14. The molecule has 1 unspecified atom stereocenters. The lowest BCUT2D eigenvalue weighted by Crippen LogP contribution is -2.52. The van der Waals surface area contributed by atoms with E-state index in [2.05, 4.69) is 39.6 Å². The van der Waals surface area contributed by atoms with E-state index in [1.54, 1.807) is 7.11 Å². The maximum atomic E-state index is 10.3. The molecule has 1 saturated heterocycles. The number of ether oxygens (including phenoxy) is 1. The minimum Gasteiger partial charge on any atom is -0.497 e. The van der Waals surface area contributed by atoms with Crippen molar-refractivity contribution in [2.75, 3.05) is 38.2 Å². The predicted molar refractivity (Wildman–Crippen MR) is 122 cm³/mol. The van der Waals surface area contributed by atoms with Gasteiger partial charge in [0, 0.05) is 37.4 Å². The molecule has 1 saturated carbocycles. The van der Waals surface area contributed by atoms with E-state index in [0.29, 0.717) is 12.6 Å². The highest BCUT2D eigenvalue weighted by Gasteiger charge is 2.34. The summed E-state index contributed by atoms with van der Waals surface area (Å²) in [6.45, 7) is 5.35. The van der Waals surface area contributed by atoms with Gasteiger partial charge in [-0.1, -0.05) is 6.07 Å². The first-order chi connectivity index (χ1) is 12.6. The highest BCUT2D eigenvalue weighted by atomic mass is 127. The van der Waals surface area contributed by atoms with Gasteiger partial charge in [0.15, 0.2) is 5.96 Å². The summed E-state index contributed by atoms with van der Waals surface area (Å²) in [4.78, 5) is 7.03. The molecule has 7 heteroatoms. The van der Waals surface area contributed by atoms with Crippen LogP contribution >= 0.6 is 24.0 Å². The summed E-state index contributed by atoms with van der Waals surface area (Å²) in [5.74, 6) is 1.70. The van der Waals surface area contributed by atoms with Gasteiger partial charge < -0.3 is 25.4 Å². The standard InChI is InChI=1S/C20H32N4O2.HI/c1-3-21-19(22-15-20(25)10-6-11-20)23-16-7-5-12-24(14-16)17-8-4-9-18(13-17)26-2;/h4,8-9,13,16,25H,3,5-7,10-12,14-15H2,1-2H3,(H2,21,22,23);1H. The summed E-state index contributed by atoms with van der Waals surface area (Å²) in [5.41, 5.74) is 0.614. The van der Waals surface area contributed by atoms with Crippen molar-refractivity contribution in [2.24, 2.45) is 4.99 Å². The van der Waals surface area contributed by atoms with Gasteiger partial charge in [-0.25, -0.2) is 0 Å². The Morgan fingerprint density at radius 1 is 1.37 bits per heavy atom. The van der Waals surface area contributed by atoms with Crippen LogP contribution < -0.4 is 20.3 Å². The summed E-state index contributed by atoms with van der Waals surface area (Å²) in [6.07, 6.45) is 5.09. The summed E-state index contributed by atoms with van der Waals surface area (Å²) in [6, 6.07) is 8.58. The Hall–Kier alpha value is -1.22. The third-order valence-electron chi connectivity index (χ3n) is 5.34. The first kappa shape index (κ1) is 22.1. The van der Waals surface area contributed by atoms with Gasteiger partial charge >= 0.3 is 0 Å². The molecular formula is C20H33IN4O2. The zero-order chi connectivity index (χ0) is 18.4. The van der Waals surface area contributed by atoms with Crippen LogP contribution in [0.1, 0.15) is 39.0 Å². The second-order valence-electron chi connectivity index (χ2n) is 7.40. The second kappa shape index (κ2) is 10.4. The minimum atomic E-state index is -0.582. The van der Waals surface area contributed by atoms with Crippen molar-refractivity contribution in [3.05, 3.63) is 24.3 Å². The van der Waals surface area contributed by atoms with Crippen LogP contribution in [0.15, 0.2) is 29.3 Å². The van der Waals surface area contributed by atoms with Gasteiger partial charge in [0.2, 0.25) is 0 Å². The lowest BCUT2D eigenvalue weighted by Gasteiger charge is -2.37. The zero-order valence-corrected chi connectivity index (χ0v) is 18.7. The van der Waals surface area contributed by atoms with Crippen LogP contribution in [-0.4, -0.2) is 56.0 Å². The van der Waals surface area contributed by atoms with E-state index < -0.39 is 5.60 Å². The number of methoxy groups -OCH3 is 1. The first-order valence-electron chi connectivity index (χ1n) is 9.78. The fourth-order valence-electron chi connectivity index (χ4n) is 3.62. The number of halogens is 1. The second-order valence-corrected chi connectivity index (χ2v) is 7.40. The van der Waals surface area contributed by atoms with Gasteiger partial charge in [0.05, 0.1) is 19.3 Å². The molecule has 0 aromatic heterocycles. The molecule has 27 heavy (non-hydrogen) atoms. The predicted octanol–water partition coefficient (Wildman–Crippen LogP) is 2.75. The molecule has 0 radical (unpaired) electrons. The Morgan fingerprint density at radius 3 is 2.85 bits per heavy atom. The van der Waals surface area contributed by atoms with Gasteiger partial charge in [-0.05, 0) is 51.2 Å². The number of anilines is 1. The molecule has 152 valence electrons. The number of aliphatic imine (C=N–C) groups is 1. The van der Waals surface area contributed by atoms with E-state index >= 15 is 0 Å². The molecule has 0 spiro atoms. The quantitative estimate of drug-likeness (QED) is 0.327. The van der Waals surface area contributed by atoms with Crippen molar-refractivity contribution >= 4 is 35.6 Å². The Labute approximate surface area is 179 Å². The van der Waals surface area contributed by atoms with Crippen LogP contribution in [0.3, 0.4) is 0 Å². The molecule has 1 aliphatic heterocycles. The van der Waals surface area contributed by atoms with Gasteiger partial charge in [-0.3, -0.25) is 4.99 Å². The molecule has 0 amide bonds. The molecule has 1 aromatic rings. The van der Waals surface area contributed by atoms with Crippen LogP contribution in [-0.2, 0) is 0 Å². The first-order valence-corrected chi connectivity index (χ1v) is 9.78. The monoisotopic (exact) mass is 488 g/mol. The van der Waals surface area contributed by atoms with Gasteiger partial charge in [0.1, 0.15) is 5.75 Å². The topological polar surface area (TPSA) is 69.1 Å². The maximum Gasteiger partial charge on any atom is 0.191 e. The van der Waals surface area contributed by atoms with E-state index in [1.807, 2.05) is 12.1 Å². The molecule has 0 bridgehead atoms. The number of piperidine rings is 1. The number of aliphatic hydroxyl groups is 1. The fraction of sp³-hybridized carbons (Fsp3) is 0.650. The largest absolute Gasteiger partial charge is 0.497 e. The molecule has 2 aliphatic rings. The number of hydrogen-bond acceptors (Lipinski definition) is 4. The van der Waals surface area contributed by atoms with Crippen LogP contribution in [0.25, 0.3) is 0 Å². The summed E-state index contributed by atoms with van der Waals surface area (Å²) < 4.78 is 5.35. The van der Waals surface area contributed by atoms with Crippen LogP contribution in [0.5, 0.6) is 5.75 Å². The number of nitrogens with one attached hydrogen (secondary N) is 2. The molecule has 1 atom stereocenters. The van der Waals surface area contributed by atoms with Crippen molar-refractivity contribution in [1.29, 1.82) is 0 Å². The zero-order valence-electron chi connectivity index (χ0n) is 16.4. The highest BCUT2D eigenvalue weighted by molar-refractivity contribution is 14.0. The Balaban J connectivity index is 0.00000261. The smallest absolute Gasteiger partial charge is 0.191 e. The van der Waals surface area contributed by atoms with Crippen LogP contribution in [0.2, 0.25) is 0 Å². The SMILES string of the molecule is CCNC(=NCC1(O)CCC1)NC1CCCN(c2cccc(OC)c2)C1.I. The van der Waals surface area contributed by atoms with Crippen molar-refractivity contribution in [1.82, 2.24) is 10.6 Å². The number of rotatable bonds is 6. The van der Waals surface area contributed by atoms with Crippen LogP contribution in [0.4, 0.5) is 5.69 Å². The lowest BCUT2D eigenvalue weighted by atomic mass is 9.80. The molecule has 1 heterocycles. The van der Waals surface area contributed by atoms with E-state index in [4.69, 9.17) is 4.74 Å². The summed E-state index contributed by atoms with van der Waals surface area (Å²) in [5, 5.41) is 17.2. The third-order valence-corrected chi connectivity index (χ3v) is 5.34. The van der Waals surface area contributed by atoms with Crippen LogP contribution in [0, 0.1) is 0 Å². The highest BCUT2D eigenvalue weighted by Crippen LogP contribution is 2.31. The molecule has 3 N–H and O–H groups in total. The average Bonchev–Trinajstić information content (AvgIpc) is 2.65. The number of nitrogens with zero attached hydrogens (tertiary/aromatic N) is 2. The molecular weight excluding hydrogens is 455 g/mol.